The summed E-state index contributed by atoms with van der Waals surface area (Å²) in [4.78, 5) is 14.4. The molecule has 1 amide bonds. The molecule has 0 unspecified atom stereocenters. The third-order valence-corrected chi connectivity index (χ3v) is 5.48. The number of hydrogen-bond donors (Lipinski definition) is 1. The summed E-state index contributed by atoms with van der Waals surface area (Å²) in [6.07, 6.45) is 4.89. The van der Waals surface area contributed by atoms with Gasteiger partial charge in [0.15, 0.2) is 0 Å². The lowest BCUT2D eigenvalue weighted by atomic mass is 9.82. The summed E-state index contributed by atoms with van der Waals surface area (Å²) in [7, 11) is -1.96. The van der Waals surface area contributed by atoms with E-state index in [9.17, 15) is 13.2 Å². The second-order valence-electron chi connectivity index (χ2n) is 5.74. The van der Waals surface area contributed by atoms with Gasteiger partial charge in [-0.05, 0) is 43.5 Å². The monoisotopic (exact) mass is 310 g/mol. The molecule has 2 rings (SSSR count). The molecule has 1 saturated carbocycles. The minimum atomic E-state index is -3.70. The minimum Gasteiger partial charge on any atom is -0.315 e. The van der Waals surface area contributed by atoms with Crippen LogP contribution in [-0.2, 0) is 14.8 Å². The van der Waals surface area contributed by atoms with Crippen molar-refractivity contribution in [2.75, 3.05) is 11.9 Å². The third-order valence-electron chi connectivity index (χ3n) is 4.55. The summed E-state index contributed by atoms with van der Waals surface area (Å²) in [6.45, 7) is 2.06. The molecule has 1 fully saturated rings. The number of carbonyl (C=O) groups excluding carboxylic acids is 1. The van der Waals surface area contributed by atoms with Crippen LogP contribution in [0.1, 0.15) is 39.0 Å². The Bertz CT molecular complexity index is 617. The maximum Gasteiger partial charge on any atom is 0.238 e. The summed E-state index contributed by atoms with van der Waals surface area (Å²) in [5.41, 5.74) is 0.431. The first-order valence-corrected chi connectivity index (χ1v) is 8.76. The van der Waals surface area contributed by atoms with Gasteiger partial charge in [0.2, 0.25) is 15.9 Å². The zero-order valence-corrected chi connectivity index (χ0v) is 13.3. The molecule has 5 nitrogen and oxygen atoms in total. The molecule has 0 aromatic heterocycles. The predicted octanol–water partition coefficient (Wildman–Crippen LogP) is 2.27. The fourth-order valence-electron chi connectivity index (χ4n) is 3.10. The van der Waals surface area contributed by atoms with E-state index < -0.39 is 10.0 Å². The third kappa shape index (κ3) is 3.11. The van der Waals surface area contributed by atoms with Crippen LogP contribution in [0.4, 0.5) is 5.69 Å². The van der Waals surface area contributed by atoms with Crippen molar-refractivity contribution >= 4 is 21.6 Å². The van der Waals surface area contributed by atoms with Crippen molar-refractivity contribution < 1.29 is 13.2 Å². The molecule has 1 aliphatic carbocycles. The highest BCUT2D eigenvalue weighted by atomic mass is 32.2. The SMILES string of the molecule is CCC1(C(=O)N(C)c2ccc(S(N)(=O)=O)cc2)CCCC1. The van der Waals surface area contributed by atoms with Crippen LogP contribution >= 0.6 is 0 Å². The van der Waals surface area contributed by atoms with Gasteiger partial charge in [-0.3, -0.25) is 4.79 Å². The maximum atomic E-state index is 12.8. The number of nitrogens with two attached hydrogens (primary N) is 1. The molecule has 0 spiro atoms. The number of rotatable bonds is 4. The zero-order chi connectivity index (χ0) is 15.7. The van der Waals surface area contributed by atoms with E-state index in [1.54, 1.807) is 24.1 Å². The van der Waals surface area contributed by atoms with Gasteiger partial charge in [0.1, 0.15) is 0 Å². The Labute approximate surface area is 126 Å². The van der Waals surface area contributed by atoms with E-state index in [0.717, 1.165) is 32.1 Å². The molecule has 0 saturated heterocycles. The molecular weight excluding hydrogens is 288 g/mol. The molecule has 21 heavy (non-hydrogen) atoms. The molecule has 0 aliphatic heterocycles. The lowest BCUT2D eigenvalue weighted by Gasteiger charge is -2.31. The normalized spacial score (nSPS) is 17.7. The first-order chi connectivity index (χ1) is 9.80. The van der Waals surface area contributed by atoms with Gasteiger partial charge in [-0.15, -0.1) is 0 Å². The molecule has 0 heterocycles. The van der Waals surface area contributed by atoms with Crippen LogP contribution in [0.15, 0.2) is 29.2 Å². The van der Waals surface area contributed by atoms with Crippen LogP contribution in [0.3, 0.4) is 0 Å². The van der Waals surface area contributed by atoms with E-state index in [2.05, 4.69) is 6.92 Å². The van der Waals surface area contributed by atoms with E-state index in [0.29, 0.717) is 5.69 Å². The van der Waals surface area contributed by atoms with Crippen molar-refractivity contribution in [3.05, 3.63) is 24.3 Å². The highest BCUT2D eigenvalue weighted by Crippen LogP contribution is 2.42. The first kappa shape index (κ1) is 16.0. The standard InChI is InChI=1S/C15H22N2O3S/c1-3-15(10-4-5-11-15)14(18)17(2)12-6-8-13(9-7-12)21(16,19)20/h6-9H,3-5,10-11H2,1-2H3,(H2,16,19,20). The van der Waals surface area contributed by atoms with Crippen molar-refractivity contribution in [1.29, 1.82) is 0 Å². The Morgan fingerprint density at radius 3 is 2.19 bits per heavy atom. The topological polar surface area (TPSA) is 80.5 Å². The number of hydrogen-bond acceptors (Lipinski definition) is 3. The Morgan fingerprint density at radius 2 is 1.76 bits per heavy atom. The lowest BCUT2D eigenvalue weighted by Crippen LogP contribution is -2.40. The van der Waals surface area contributed by atoms with Crippen LogP contribution < -0.4 is 10.0 Å². The summed E-state index contributed by atoms with van der Waals surface area (Å²) >= 11 is 0. The van der Waals surface area contributed by atoms with Crippen molar-refractivity contribution in [2.45, 2.75) is 43.9 Å². The number of nitrogens with zero attached hydrogens (tertiary/aromatic N) is 1. The van der Waals surface area contributed by atoms with Gasteiger partial charge >= 0.3 is 0 Å². The first-order valence-electron chi connectivity index (χ1n) is 7.21. The molecule has 6 heteroatoms. The second kappa shape index (κ2) is 5.77. The van der Waals surface area contributed by atoms with Crippen molar-refractivity contribution in [3.63, 3.8) is 0 Å². The van der Waals surface area contributed by atoms with Crippen LogP contribution in [0.2, 0.25) is 0 Å². The van der Waals surface area contributed by atoms with Gasteiger partial charge in [0.05, 0.1) is 4.90 Å². The average molecular weight is 310 g/mol. The summed E-state index contributed by atoms with van der Waals surface area (Å²) in [5.74, 6) is 0.117. The number of sulfonamides is 1. The molecular formula is C15H22N2O3S. The Hall–Kier alpha value is -1.40. The van der Waals surface area contributed by atoms with Crippen molar-refractivity contribution in [3.8, 4) is 0 Å². The zero-order valence-electron chi connectivity index (χ0n) is 12.5. The molecule has 0 atom stereocenters. The number of primary sulfonamides is 1. The van der Waals surface area contributed by atoms with Crippen molar-refractivity contribution in [1.82, 2.24) is 0 Å². The van der Waals surface area contributed by atoms with E-state index >= 15 is 0 Å². The summed E-state index contributed by atoms with van der Waals surface area (Å²) in [5, 5.41) is 5.08. The van der Waals surface area contributed by atoms with Gasteiger partial charge < -0.3 is 4.90 Å². The maximum absolute atomic E-state index is 12.8. The fourth-order valence-corrected chi connectivity index (χ4v) is 3.62. The van der Waals surface area contributed by atoms with Crippen LogP contribution in [0, 0.1) is 5.41 Å². The Morgan fingerprint density at radius 1 is 1.24 bits per heavy atom. The van der Waals surface area contributed by atoms with Gasteiger partial charge in [0.25, 0.3) is 0 Å². The molecule has 1 aliphatic rings. The largest absolute Gasteiger partial charge is 0.315 e. The van der Waals surface area contributed by atoms with E-state index in [1.807, 2.05) is 0 Å². The smallest absolute Gasteiger partial charge is 0.238 e. The Balaban J connectivity index is 2.23. The highest BCUT2D eigenvalue weighted by Gasteiger charge is 2.41. The minimum absolute atomic E-state index is 0.0539. The van der Waals surface area contributed by atoms with Gasteiger partial charge in [-0.25, -0.2) is 13.6 Å². The number of amides is 1. The summed E-state index contributed by atoms with van der Waals surface area (Å²) < 4.78 is 22.5. The molecule has 1 aromatic carbocycles. The van der Waals surface area contributed by atoms with Crippen LogP contribution in [-0.4, -0.2) is 21.4 Å². The van der Waals surface area contributed by atoms with E-state index in [-0.39, 0.29) is 16.2 Å². The van der Waals surface area contributed by atoms with Gasteiger partial charge in [-0.1, -0.05) is 19.8 Å². The van der Waals surface area contributed by atoms with E-state index in [1.165, 1.54) is 12.1 Å². The molecule has 0 bridgehead atoms. The summed E-state index contributed by atoms with van der Waals surface area (Å²) in [6, 6.07) is 6.11. The second-order valence-corrected chi connectivity index (χ2v) is 7.31. The average Bonchev–Trinajstić information content (AvgIpc) is 2.95. The Kier molecular flexibility index (Phi) is 4.39. The van der Waals surface area contributed by atoms with Crippen LogP contribution in [0.25, 0.3) is 0 Å². The molecule has 0 radical (unpaired) electrons. The predicted molar refractivity (Wildman–Crippen MR) is 82.4 cm³/mol. The lowest BCUT2D eigenvalue weighted by molar-refractivity contribution is -0.127. The number of carbonyl (C=O) groups is 1. The molecule has 116 valence electrons. The van der Waals surface area contributed by atoms with Crippen molar-refractivity contribution in [2.24, 2.45) is 10.6 Å². The van der Waals surface area contributed by atoms with Gasteiger partial charge in [0, 0.05) is 18.2 Å². The number of benzene rings is 1. The molecule has 1 aromatic rings. The quantitative estimate of drug-likeness (QED) is 0.926. The van der Waals surface area contributed by atoms with Crippen LogP contribution in [0.5, 0.6) is 0 Å². The molecule has 2 N–H and O–H groups in total. The van der Waals surface area contributed by atoms with E-state index in [4.69, 9.17) is 5.14 Å². The van der Waals surface area contributed by atoms with Gasteiger partial charge in [-0.2, -0.15) is 0 Å². The highest BCUT2D eigenvalue weighted by molar-refractivity contribution is 7.89. The fraction of sp³-hybridized carbons (Fsp3) is 0.533. The number of anilines is 1.